The number of halogens is 9. The minimum Gasteiger partial charge on any atom is -1.00 e. The molecule has 0 saturated carbocycles. The molecule has 6 aromatic rings. The van der Waals surface area contributed by atoms with Gasteiger partial charge in [-0.25, -0.2) is 0 Å². The molecule has 0 aliphatic rings. The first-order chi connectivity index (χ1) is 54.7. The van der Waals surface area contributed by atoms with E-state index in [-0.39, 0.29) is 143 Å². The van der Waals surface area contributed by atoms with Crippen LogP contribution >= 0.6 is 47.8 Å². The minimum atomic E-state index is -4.84. The number of terminal acetylenes is 1. The average Bonchev–Trinajstić information content (AvgIpc) is 0.890. The number of aliphatic hydroxyl groups is 5. The van der Waals surface area contributed by atoms with Gasteiger partial charge in [0.25, 0.3) is 6.47 Å². The van der Waals surface area contributed by atoms with Crippen LogP contribution in [0, 0.1) is 36.0 Å². The topological polar surface area (TPSA) is 341 Å². The van der Waals surface area contributed by atoms with Gasteiger partial charge in [0.15, 0.2) is 0 Å². The van der Waals surface area contributed by atoms with Gasteiger partial charge in [-0.2, -0.15) is 26.3 Å². The summed E-state index contributed by atoms with van der Waals surface area (Å²) in [6, 6.07) is 47.2. The molecule has 0 aliphatic heterocycles. The van der Waals surface area contributed by atoms with Gasteiger partial charge in [0.2, 0.25) is 5.91 Å². The summed E-state index contributed by atoms with van der Waals surface area (Å²) < 4.78 is 74.6. The van der Waals surface area contributed by atoms with Crippen LogP contribution < -0.4 is 136 Å². The zero-order valence-corrected chi connectivity index (χ0v) is 81.3. The summed E-state index contributed by atoms with van der Waals surface area (Å²) >= 11 is 9.98. The van der Waals surface area contributed by atoms with E-state index >= 15 is 0 Å². The zero-order chi connectivity index (χ0) is 88.7. The molecule has 3 amide bonds. The van der Waals surface area contributed by atoms with E-state index in [4.69, 9.17) is 43.9 Å². The fourth-order valence-electron chi connectivity index (χ4n) is 9.61. The molecule has 0 spiro atoms. The Labute approximate surface area is 808 Å². The number of carbonyl (C=O) groups excluding carboxylic acids is 4. The van der Waals surface area contributed by atoms with E-state index in [0.717, 1.165) is 111 Å². The molecule has 0 fully saturated rings. The van der Waals surface area contributed by atoms with Gasteiger partial charge in [-0.1, -0.05) is 218 Å². The largest absolute Gasteiger partial charge is 1.00 e. The first-order valence-corrected chi connectivity index (χ1v) is 41.0. The smallest absolute Gasteiger partial charge is 1.00 e. The number of nitrogens with two attached hydrogens (primary N) is 3. The van der Waals surface area contributed by atoms with Crippen LogP contribution in [0.5, 0.6) is 0 Å². The number of carbonyl (C=O) groups is 5. The van der Waals surface area contributed by atoms with E-state index < -0.39 is 52.5 Å². The quantitative estimate of drug-likeness (QED) is 0.00356. The Morgan fingerprint density at radius 3 is 1.04 bits per heavy atom. The predicted molar refractivity (Wildman–Crippen MR) is 459 cm³/mol. The van der Waals surface area contributed by atoms with Crippen LogP contribution in [0.3, 0.4) is 0 Å². The Kier molecular flexibility index (Phi) is 74.0. The van der Waals surface area contributed by atoms with E-state index in [1.165, 1.54) is 16.7 Å². The fourth-order valence-corrected chi connectivity index (χ4v) is 11.0. The summed E-state index contributed by atoms with van der Waals surface area (Å²) in [6.07, 6.45) is 10.5. The molecule has 14 N–H and O–H groups in total. The number of amides is 3. The van der Waals surface area contributed by atoms with Crippen LogP contribution in [-0.2, 0) is 73.8 Å². The second kappa shape index (κ2) is 71.7. The van der Waals surface area contributed by atoms with Crippen LogP contribution in [-0.4, -0.2) is 128 Å². The standard InChI is InChI=1S/C18H22F3NO2.C16H27NO.C16H23NO.C11H11BrF3NO.C9H10BrNO.C9H9BrO2.C7H12O.C2H6O.CH2O3.2K.H/c1-3-17(24,4-2)11-10-15-8-5-7-14(13-15)9-6-12-22-16(23)18(19,20)21;2*1-3-16(18,4-2)11-10-15-8-5-7-14(13-15)9-6-12-17;12-9-5-1-3-8(7-9)4-2-6-16-10(17)11(13,14)15;2*10-8-3-1-2-7(6-8)4-5-9(11)12;1-4-7(8,5-2)6-3;1-2-3;2-1-4-3;;;/h5,7-8,13,24H,3-4,6,9,12H2,1-2H3,(H,22,23);5,7-8,13,18H,3-4,6,9-12,17H2,1-2H3;5,7-8,13,18H,3-4,6,9,12,17H2,1-2H3;1,3,5,7H,2,4,6H2,(H,16,17);1-3,6H,4-5H2,(H2,11,12);1-3,6H,4-5H2,(H,11,12);1,8H,5-6H2,2-3H3;3H,2H2,1H3;1,3H;;;/q;;;;;;;;;2*+1;-1/p-1. The third kappa shape index (κ3) is 64.2. The Balaban J connectivity index is -0.000000313. The van der Waals surface area contributed by atoms with Crippen LogP contribution in [0.15, 0.2) is 159 Å². The van der Waals surface area contributed by atoms with Crippen molar-refractivity contribution in [2.24, 2.45) is 17.2 Å². The molecule has 0 bridgehead atoms. The molecule has 0 aromatic heterocycles. The Bertz CT molecular complexity index is 3840. The van der Waals surface area contributed by atoms with E-state index in [0.29, 0.717) is 83.6 Å². The molecule has 0 atom stereocenters. The van der Waals surface area contributed by atoms with Gasteiger partial charge in [0.1, 0.15) is 16.8 Å². The number of carboxylic acids is 1. The minimum absolute atomic E-state index is 0. The third-order valence-electron chi connectivity index (χ3n) is 17.4. The number of benzene rings is 6. The van der Waals surface area contributed by atoms with Gasteiger partial charge >= 0.3 is 133 Å². The number of nitrogens with one attached hydrogen (secondary N) is 2. The van der Waals surface area contributed by atoms with Gasteiger partial charge in [-0.15, -0.1) is 6.42 Å². The summed E-state index contributed by atoms with van der Waals surface area (Å²) in [5.74, 6) is 9.37. The molecule has 118 heavy (non-hydrogen) atoms. The number of rotatable bonds is 32. The molecule has 0 saturated heterocycles. The van der Waals surface area contributed by atoms with Gasteiger partial charge in [-0.3, -0.25) is 24.0 Å². The van der Waals surface area contributed by atoms with Gasteiger partial charge in [-0.05, 0) is 248 Å². The van der Waals surface area contributed by atoms with Crippen molar-refractivity contribution < 1.29 is 195 Å². The van der Waals surface area contributed by atoms with Crippen LogP contribution in [0.1, 0.15) is 210 Å². The van der Waals surface area contributed by atoms with Crippen molar-refractivity contribution in [3.8, 4) is 36.0 Å². The summed E-state index contributed by atoms with van der Waals surface area (Å²) in [5.41, 5.74) is 22.6. The summed E-state index contributed by atoms with van der Waals surface area (Å²) in [7, 11) is 0. The molecule has 6 aromatic carbocycles. The molecule has 6 rings (SSSR count). The summed E-state index contributed by atoms with van der Waals surface area (Å²) in [4.78, 5) is 53.1. The van der Waals surface area contributed by atoms with Crippen molar-refractivity contribution in [2.75, 3.05) is 32.8 Å². The molecule has 29 heteroatoms. The molecular weight excluding hydrogens is 1780 g/mol. The van der Waals surface area contributed by atoms with E-state index in [2.05, 4.69) is 133 Å². The summed E-state index contributed by atoms with van der Waals surface area (Å²) in [5, 5.41) is 67.8. The molecule has 0 heterocycles. The molecule has 646 valence electrons. The van der Waals surface area contributed by atoms with Crippen molar-refractivity contribution in [3.05, 3.63) is 209 Å². The molecule has 0 aliphatic carbocycles. The first-order valence-electron chi connectivity index (χ1n) is 38.6. The van der Waals surface area contributed by atoms with Crippen LogP contribution in [0.25, 0.3) is 0 Å². The van der Waals surface area contributed by atoms with Crippen molar-refractivity contribution in [1.82, 2.24) is 10.6 Å². The van der Waals surface area contributed by atoms with Crippen molar-refractivity contribution in [1.29, 1.82) is 0 Å². The van der Waals surface area contributed by atoms with Crippen molar-refractivity contribution >= 4 is 78.0 Å². The van der Waals surface area contributed by atoms with Crippen molar-refractivity contribution in [3.63, 3.8) is 0 Å². The second-order valence-electron chi connectivity index (χ2n) is 26.3. The van der Waals surface area contributed by atoms with E-state index in [9.17, 15) is 65.9 Å². The zero-order valence-electron chi connectivity index (χ0n) is 71.3. The first kappa shape index (κ1) is 122. The van der Waals surface area contributed by atoms with Crippen LogP contribution in [0.4, 0.5) is 26.3 Å². The number of alkyl halides is 6. The molecule has 0 radical (unpaired) electrons. The normalized spacial score (nSPS) is 10.5. The molecule has 0 unspecified atom stereocenters. The maximum atomic E-state index is 12.0. The third-order valence-corrected chi connectivity index (χ3v) is 18.9. The van der Waals surface area contributed by atoms with Crippen LogP contribution in [0.2, 0.25) is 0 Å². The maximum absolute atomic E-state index is 12.0. The monoisotopic (exact) mass is 1900 g/mol. The van der Waals surface area contributed by atoms with E-state index in [1.54, 1.807) is 6.92 Å². The Hall–Kier alpha value is -4.68. The van der Waals surface area contributed by atoms with Crippen molar-refractivity contribution in [2.45, 2.75) is 238 Å². The second-order valence-corrected chi connectivity index (χ2v) is 29.0. The average molecular weight is 1900 g/mol. The fraction of sp³-hybridized carbons (Fsp3) is 0.472. The number of aliphatic hydroxyl groups excluding tert-OH is 1. The number of carboxylic acid groups (broad SMARTS) is 1. The Morgan fingerprint density at radius 2 is 0.771 bits per heavy atom. The number of hydrogen-bond acceptors (Lipinski definition) is 14. The molecular formula is C89H122Br3F6K2N5O13. The number of aryl methyl sites for hydroxylation is 7. The number of aliphatic carboxylic acids is 1. The van der Waals surface area contributed by atoms with Gasteiger partial charge in [0, 0.05) is 57.1 Å². The maximum Gasteiger partial charge on any atom is 1.00 e. The number of hydrogen-bond donors (Lipinski definition) is 11. The molecule has 18 nitrogen and oxygen atoms in total. The predicted octanol–water partition coefficient (Wildman–Crippen LogP) is 9.86. The van der Waals surface area contributed by atoms with Gasteiger partial charge in [0.05, 0.1) is 5.60 Å². The van der Waals surface area contributed by atoms with E-state index in [1.807, 2.05) is 161 Å². The van der Waals surface area contributed by atoms with Gasteiger partial charge < -0.3 is 70.0 Å². The number of primary amides is 1. The SMILES string of the molecule is C#CC(O)(CC)CC.CCC(O)(C#Cc1cccc(CCCN)c1)CC.CCC(O)(C#Cc1cccc(CCCNC(=O)C(F)(F)F)c1)CC.CCC(O)(CC)CCc1cccc(CCCN)c1.CCO.NC(=O)CCc1cccc(Br)c1.O=C(NCCCc1cccc(Br)c1)C(F)(F)F.O=C(O)CCc1cccc(Br)c1.O=CO[O-].[H-].[K+].[K+]. The summed E-state index contributed by atoms with van der Waals surface area (Å²) in [6.45, 7) is 18.7. The Morgan fingerprint density at radius 1 is 0.483 bits per heavy atom.